The predicted octanol–water partition coefficient (Wildman–Crippen LogP) is 2.99. The van der Waals surface area contributed by atoms with Crippen LogP contribution in [-0.2, 0) is 16.1 Å². The lowest BCUT2D eigenvalue weighted by atomic mass is 9.92. The first-order valence-corrected chi connectivity index (χ1v) is 9.79. The number of amides is 1. The summed E-state index contributed by atoms with van der Waals surface area (Å²) in [5.41, 5.74) is 0. The van der Waals surface area contributed by atoms with Crippen LogP contribution in [0.1, 0.15) is 37.5 Å². The minimum atomic E-state index is 0.184. The monoisotopic (exact) mass is 336 g/mol. The van der Waals surface area contributed by atoms with Crippen molar-refractivity contribution < 1.29 is 9.53 Å². The molecule has 0 radical (unpaired) electrons. The second kappa shape index (κ2) is 8.27. The smallest absolute Gasteiger partial charge is 0.225 e. The van der Waals surface area contributed by atoms with Gasteiger partial charge < -0.3 is 9.64 Å². The number of hydrogen-bond donors (Lipinski definition) is 0. The van der Waals surface area contributed by atoms with Crippen LogP contribution in [0, 0.1) is 5.92 Å². The summed E-state index contributed by atoms with van der Waals surface area (Å²) in [4.78, 5) is 18.7. The van der Waals surface area contributed by atoms with Crippen LogP contribution < -0.4 is 0 Å². The molecule has 0 bridgehead atoms. The lowest BCUT2D eigenvalue weighted by Gasteiger charge is -2.38. The number of carbonyl (C=O) groups is 1. The quantitative estimate of drug-likeness (QED) is 0.829. The van der Waals surface area contributed by atoms with Gasteiger partial charge in [-0.3, -0.25) is 9.69 Å². The molecule has 1 aromatic rings. The maximum absolute atomic E-state index is 12.8. The molecule has 3 heterocycles. The van der Waals surface area contributed by atoms with Gasteiger partial charge in [0, 0.05) is 50.1 Å². The fourth-order valence-electron chi connectivity index (χ4n) is 3.64. The lowest BCUT2D eigenvalue weighted by Crippen LogP contribution is -2.50. The van der Waals surface area contributed by atoms with Gasteiger partial charge in [0.05, 0.1) is 6.10 Å². The second-order valence-corrected chi connectivity index (χ2v) is 7.72. The number of ether oxygens (including phenoxy) is 1. The van der Waals surface area contributed by atoms with Crippen molar-refractivity contribution in [3.63, 3.8) is 0 Å². The molecule has 23 heavy (non-hydrogen) atoms. The van der Waals surface area contributed by atoms with Gasteiger partial charge in [-0.2, -0.15) is 0 Å². The molecule has 4 nitrogen and oxygen atoms in total. The van der Waals surface area contributed by atoms with Crippen molar-refractivity contribution in [1.82, 2.24) is 9.80 Å². The third kappa shape index (κ3) is 4.55. The summed E-state index contributed by atoms with van der Waals surface area (Å²) in [6.07, 6.45) is 4.32. The Hall–Kier alpha value is -0.910. The maximum atomic E-state index is 12.8. The molecule has 0 saturated carbocycles. The molecule has 0 aromatic carbocycles. The Balaban J connectivity index is 1.46. The van der Waals surface area contributed by atoms with Gasteiger partial charge in [0.15, 0.2) is 0 Å². The van der Waals surface area contributed by atoms with Crippen molar-refractivity contribution in [2.24, 2.45) is 5.92 Å². The summed E-state index contributed by atoms with van der Waals surface area (Å²) in [5.74, 6) is 0.550. The molecule has 0 spiro atoms. The average Bonchev–Trinajstić information content (AvgIpc) is 3.08. The highest BCUT2D eigenvalue weighted by atomic mass is 32.1. The summed E-state index contributed by atoms with van der Waals surface area (Å²) in [7, 11) is 0. The van der Waals surface area contributed by atoms with Crippen molar-refractivity contribution in [1.29, 1.82) is 0 Å². The minimum Gasteiger partial charge on any atom is -0.378 e. The Bertz CT molecular complexity index is 481. The highest BCUT2D eigenvalue weighted by molar-refractivity contribution is 7.09. The second-order valence-electron chi connectivity index (χ2n) is 6.68. The van der Waals surface area contributed by atoms with E-state index in [1.165, 1.54) is 4.88 Å². The van der Waals surface area contributed by atoms with Crippen molar-refractivity contribution in [2.75, 3.05) is 32.8 Å². The third-order valence-electron chi connectivity index (χ3n) is 4.97. The van der Waals surface area contributed by atoms with E-state index in [4.69, 9.17) is 4.74 Å². The number of piperazine rings is 1. The molecule has 1 amide bonds. The number of thiophene rings is 1. The normalized spacial score (nSPS) is 26.4. The van der Waals surface area contributed by atoms with Gasteiger partial charge in [-0.15, -0.1) is 11.3 Å². The highest BCUT2D eigenvalue weighted by Crippen LogP contribution is 2.25. The molecule has 0 aliphatic carbocycles. The number of carbonyl (C=O) groups excluding carboxylic acids is 1. The Morgan fingerprint density at radius 2 is 2.17 bits per heavy atom. The third-order valence-corrected chi connectivity index (χ3v) is 5.83. The molecule has 2 atom stereocenters. The number of nitrogens with zero attached hydrogens (tertiary/aromatic N) is 2. The van der Waals surface area contributed by atoms with E-state index in [1.54, 1.807) is 0 Å². The Labute approximate surface area is 143 Å². The van der Waals surface area contributed by atoms with Crippen LogP contribution in [-0.4, -0.2) is 54.6 Å². The zero-order valence-electron chi connectivity index (χ0n) is 14.1. The van der Waals surface area contributed by atoms with E-state index in [0.29, 0.717) is 12.0 Å². The van der Waals surface area contributed by atoms with Crippen LogP contribution in [0.4, 0.5) is 0 Å². The first kappa shape index (κ1) is 16.9. The first-order valence-electron chi connectivity index (χ1n) is 8.91. The highest BCUT2D eigenvalue weighted by Gasteiger charge is 2.31. The van der Waals surface area contributed by atoms with Crippen LogP contribution in [0.25, 0.3) is 0 Å². The maximum Gasteiger partial charge on any atom is 0.225 e. The zero-order valence-corrected chi connectivity index (χ0v) is 14.9. The van der Waals surface area contributed by atoms with E-state index in [-0.39, 0.29) is 5.92 Å². The standard InChI is InChI=1S/C18H28N2O2S/c1-2-4-16-13-15(6-11-22-16)18(21)20-9-7-19(8-10-20)14-17-5-3-12-23-17/h3,5,12,15-16H,2,4,6-11,13-14H2,1H3/t15-,16-/m0/s1. The van der Waals surface area contributed by atoms with Crippen molar-refractivity contribution in [3.8, 4) is 0 Å². The summed E-state index contributed by atoms with van der Waals surface area (Å²) in [5, 5.41) is 2.13. The van der Waals surface area contributed by atoms with E-state index in [0.717, 1.165) is 65.0 Å². The summed E-state index contributed by atoms with van der Waals surface area (Å²) in [6, 6.07) is 4.30. The first-order chi connectivity index (χ1) is 11.3. The Morgan fingerprint density at radius 3 is 2.87 bits per heavy atom. The SMILES string of the molecule is CCC[C@H]1C[C@@H](C(=O)N2CCN(Cc3cccs3)CC2)CCO1. The molecule has 3 rings (SSSR count). The van der Waals surface area contributed by atoms with Crippen LogP contribution in [0.15, 0.2) is 17.5 Å². The van der Waals surface area contributed by atoms with Crippen LogP contribution >= 0.6 is 11.3 Å². The van der Waals surface area contributed by atoms with E-state index in [2.05, 4.69) is 34.2 Å². The van der Waals surface area contributed by atoms with Gasteiger partial charge in [0.25, 0.3) is 0 Å². The van der Waals surface area contributed by atoms with Crippen LogP contribution in [0.3, 0.4) is 0 Å². The number of hydrogen-bond acceptors (Lipinski definition) is 4. The van der Waals surface area contributed by atoms with Crippen molar-refractivity contribution in [3.05, 3.63) is 22.4 Å². The van der Waals surface area contributed by atoms with Crippen LogP contribution in [0.2, 0.25) is 0 Å². The zero-order chi connectivity index (χ0) is 16.1. The van der Waals surface area contributed by atoms with Crippen molar-refractivity contribution >= 4 is 17.2 Å². The molecular formula is C18H28N2O2S. The summed E-state index contributed by atoms with van der Waals surface area (Å²) in [6.45, 7) is 7.69. The van der Waals surface area contributed by atoms with E-state index in [9.17, 15) is 4.79 Å². The fourth-order valence-corrected chi connectivity index (χ4v) is 4.38. The average molecular weight is 337 g/mol. The predicted molar refractivity (Wildman–Crippen MR) is 93.5 cm³/mol. The molecular weight excluding hydrogens is 308 g/mol. The molecule has 2 fully saturated rings. The minimum absolute atomic E-state index is 0.184. The molecule has 128 valence electrons. The van der Waals surface area contributed by atoms with Gasteiger partial charge in [0.1, 0.15) is 0 Å². The Morgan fingerprint density at radius 1 is 1.35 bits per heavy atom. The Kier molecular flexibility index (Phi) is 6.08. The topological polar surface area (TPSA) is 32.8 Å². The van der Waals surface area contributed by atoms with Gasteiger partial charge in [-0.05, 0) is 30.7 Å². The lowest BCUT2D eigenvalue weighted by molar-refractivity contribution is -0.142. The molecule has 2 aliphatic heterocycles. The molecule has 2 aliphatic rings. The van der Waals surface area contributed by atoms with Crippen LogP contribution in [0.5, 0.6) is 0 Å². The van der Waals surface area contributed by atoms with E-state index in [1.807, 2.05) is 11.3 Å². The van der Waals surface area contributed by atoms with Gasteiger partial charge in [-0.1, -0.05) is 19.4 Å². The summed E-state index contributed by atoms with van der Waals surface area (Å²) >= 11 is 1.82. The molecule has 0 N–H and O–H groups in total. The largest absolute Gasteiger partial charge is 0.378 e. The molecule has 1 aromatic heterocycles. The van der Waals surface area contributed by atoms with Gasteiger partial charge >= 0.3 is 0 Å². The fraction of sp³-hybridized carbons (Fsp3) is 0.722. The van der Waals surface area contributed by atoms with Gasteiger partial charge in [0.2, 0.25) is 5.91 Å². The number of rotatable bonds is 5. The molecule has 0 unspecified atom stereocenters. The molecule has 2 saturated heterocycles. The summed E-state index contributed by atoms with van der Waals surface area (Å²) < 4.78 is 5.78. The van der Waals surface area contributed by atoms with Crippen molar-refractivity contribution in [2.45, 2.75) is 45.3 Å². The van der Waals surface area contributed by atoms with E-state index < -0.39 is 0 Å². The van der Waals surface area contributed by atoms with Gasteiger partial charge in [-0.25, -0.2) is 0 Å². The molecule has 5 heteroatoms. The van der Waals surface area contributed by atoms with E-state index >= 15 is 0 Å².